The second-order valence-corrected chi connectivity index (χ2v) is 5.92. The lowest BCUT2D eigenvalue weighted by atomic mass is 10.2. The monoisotopic (exact) mass is 405 g/mol. The van der Waals surface area contributed by atoms with Crippen LogP contribution in [-0.2, 0) is 4.79 Å². The lowest BCUT2D eigenvalue weighted by molar-refractivity contribution is -0.111. The molecule has 0 saturated carbocycles. The first-order valence-electron chi connectivity index (χ1n) is 5.57. The minimum absolute atomic E-state index is 0.106. The topological polar surface area (TPSA) is 20.3 Å². The van der Waals surface area contributed by atoms with E-state index in [-0.39, 0.29) is 5.78 Å². The molecule has 100 valence electrons. The predicted molar refractivity (Wildman–Crippen MR) is 92.1 cm³/mol. The third-order valence-corrected chi connectivity index (χ3v) is 4.62. The first-order valence-corrected chi connectivity index (χ1v) is 9.27. The Labute approximate surface area is 135 Å². The molecule has 2 nitrogen and oxygen atoms in total. The molecule has 0 aliphatic carbocycles. The van der Waals surface area contributed by atoms with E-state index in [1.54, 1.807) is 9.12 Å². The molecule has 1 aromatic carbocycles. The maximum Gasteiger partial charge on any atom is 0.202 e. The van der Waals surface area contributed by atoms with E-state index in [0.717, 1.165) is 17.1 Å². The van der Waals surface area contributed by atoms with Gasteiger partial charge in [-0.25, -0.2) is 4.31 Å². The Hall–Kier alpha value is -0.480. The van der Waals surface area contributed by atoms with Crippen molar-refractivity contribution in [2.24, 2.45) is 0 Å². The number of rotatable bonds is 5. The molecule has 0 spiro atoms. The number of halogens is 2. The van der Waals surface area contributed by atoms with E-state index < -0.39 is 0 Å². The van der Waals surface area contributed by atoms with E-state index in [4.69, 9.17) is 11.6 Å². The highest BCUT2D eigenvalue weighted by Crippen LogP contribution is 2.19. The molecule has 0 atom stereocenters. The molecule has 0 amide bonds. The van der Waals surface area contributed by atoms with E-state index in [1.807, 2.05) is 40.7 Å². The van der Waals surface area contributed by atoms with Crippen molar-refractivity contribution in [1.82, 2.24) is 4.31 Å². The van der Waals surface area contributed by atoms with Gasteiger partial charge >= 0.3 is 0 Å². The summed E-state index contributed by atoms with van der Waals surface area (Å²) >= 11 is 8.26. The Morgan fingerprint density at radius 2 is 2.26 bits per heavy atom. The molecule has 0 radical (unpaired) electrons. The second kappa shape index (κ2) is 9.43. The Balaban J connectivity index is 2.52. The van der Waals surface area contributed by atoms with Crippen molar-refractivity contribution >= 4 is 53.8 Å². The van der Waals surface area contributed by atoms with Gasteiger partial charge in [0, 0.05) is 39.7 Å². The maximum atomic E-state index is 10.7. The first kappa shape index (κ1) is 16.6. The normalized spacial score (nSPS) is 10.5. The number of carbonyl (C=O) groups is 1. The highest BCUT2D eigenvalue weighted by atomic mass is 127. The molecule has 5 heteroatoms. The van der Waals surface area contributed by atoms with Crippen molar-refractivity contribution in [1.29, 1.82) is 0 Å². The summed E-state index contributed by atoms with van der Waals surface area (Å²) in [5.74, 6) is 5.27. The van der Waals surface area contributed by atoms with Gasteiger partial charge in [0.2, 0.25) is 5.78 Å². The lowest BCUT2D eigenvalue weighted by Gasteiger charge is -2.11. The standard InChI is InChI=1S/C14H13ClINOS/c1-12(18)6-4-10-17(19-16)11-5-8-13-7-2-3-9-14(13)15/h2-3,5,7-9H,10-11H2,1H3/b8-5+. The Morgan fingerprint density at radius 1 is 1.53 bits per heavy atom. The van der Waals surface area contributed by atoms with Crippen LogP contribution in [0.4, 0.5) is 0 Å². The highest BCUT2D eigenvalue weighted by molar-refractivity contribution is 14.2. The fourth-order valence-corrected chi connectivity index (χ4v) is 2.63. The van der Waals surface area contributed by atoms with Gasteiger partial charge in [-0.2, -0.15) is 0 Å². The minimum Gasteiger partial charge on any atom is -0.285 e. The Morgan fingerprint density at radius 3 is 2.89 bits per heavy atom. The van der Waals surface area contributed by atoms with Crippen molar-refractivity contribution in [3.05, 3.63) is 40.9 Å². The summed E-state index contributed by atoms with van der Waals surface area (Å²) in [6, 6.07) is 7.69. The van der Waals surface area contributed by atoms with Crippen LogP contribution >= 0.6 is 41.9 Å². The molecule has 0 fully saturated rings. The quantitative estimate of drug-likeness (QED) is 0.316. The van der Waals surface area contributed by atoms with Gasteiger partial charge in [-0.05, 0) is 26.7 Å². The van der Waals surface area contributed by atoms with Crippen molar-refractivity contribution in [3.63, 3.8) is 0 Å². The van der Waals surface area contributed by atoms with E-state index in [0.29, 0.717) is 6.54 Å². The minimum atomic E-state index is -0.106. The summed E-state index contributed by atoms with van der Waals surface area (Å²) in [6.45, 7) is 2.76. The van der Waals surface area contributed by atoms with Crippen LogP contribution in [0.3, 0.4) is 0 Å². The highest BCUT2D eigenvalue weighted by Gasteiger charge is 1.99. The molecule has 1 rings (SSSR count). The zero-order valence-corrected chi connectivity index (χ0v) is 14.1. The fourth-order valence-electron chi connectivity index (χ4n) is 1.28. The van der Waals surface area contributed by atoms with Crippen LogP contribution in [-0.4, -0.2) is 23.2 Å². The molecule has 0 N–H and O–H groups in total. The molecule has 0 bridgehead atoms. The number of hydrogen-bond acceptors (Lipinski definition) is 3. The van der Waals surface area contributed by atoms with Gasteiger partial charge in [-0.1, -0.05) is 47.9 Å². The predicted octanol–water partition coefficient (Wildman–Crippen LogP) is 4.25. The number of benzene rings is 1. The molecule has 0 aliphatic rings. The lowest BCUT2D eigenvalue weighted by Crippen LogP contribution is -2.14. The van der Waals surface area contributed by atoms with Crippen LogP contribution in [0.1, 0.15) is 12.5 Å². The zero-order chi connectivity index (χ0) is 14.1. The maximum absolute atomic E-state index is 10.7. The summed E-state index contributed by atoms with van der Waals surface area (Å²) in [6.07, 6.45) is 4.02. The van der Waals surface area contributed by atoms with E-state index in [1.165, 1.54) is 6.92 Å². The summed E-state index contributed by atoms with van der Waals surface area (Å²) in [5.41, 5.74) is 0.998. The van der Waals surface area contributed by atoms with Crippen LogP contribution < -0.4 is 0 Å². The average Bonchev–Trinajstić information content (AvgIpc) is 2.38. The smallest absolute Gasteiger partial charge is 0.202 e. The molecule has 0 heterocycles. The zero-order valence-electron chi connectivity index (χ0n) is 10.4. The van der Waals surface area contributed by atoms with E-state index in [9.17, 15) is 4.79 Å². The second-order valence-electron chi connectivity index (χ2n) is 3.67. The van der Waals surface area contributed by atoms with Crippen LogP contribution in [0.25, 0.3) is 6.08 Å². The van der Waals surface area contributed by atoms with Gasteiger partial charge in [0.05, 0.1) is 6.54 Å². The molecule has 0 saturated heterocycles. The summed E-state index contributed by atoms with van der Waals surface area (Å²) in [7, 11) is 1.57. The van der Waals surface area contributed by atoms with Crippen molar-refractivity contribution < 1.29 is 4.79 Å². The number of hydrogen-bond donors (Lipinski definition) is 0. The third-order valence-electron chi connectivity index (χ3n) is 2.13. The van der Waals surface area contributed by atoms with Crippen LogP contribution in [0.15, 0.2) is 30.3 Å². The fraction of sp³-hybridized carbons (Fsp3) is 0.214. The Bertz CT molecular complexity index is 522. The van der Waals surface area contributed by atoms with Crippen LogP contribution in [0, 0.1) is 11.8 Å². The molecule has 0 unspecified atom stereocenters. The van der Waals surface area contributed by atoms with E-state index in [2.05, 4.69) is 33.0 Å². The number of ketones is 1. The summed E-state index contributed by atoms with van der Waals surface area (Å²) in [5, 5.41) is 0.740. The van der Waals surface area contributed by atoms with Crippen LogP contribution in [0.2, 0.25) is 5.02 Å². The molecule has 19 heavy (non-hydrogen) atoms. The molecule has 1 aromatic rings. The van der Waals surface area contributed by atoms with Crippen molar-refractivity contribution in [2.45, 2.75) is 6.92 Å². The average molecular weight is 406 g/mol. The van der Waals surface area contributed by atoms with Gasteiger partial charge < -0.3 is 0 Å². The molecular weight excluding hydrogens is 393 g/mol. The Kier molecular flexibility index (Phi) is 8.22. The van der Waals surface area contributed by atoms with Gasteiger partial charge in [-0.15, -0.1) is 0 Å². The SMILES string of the molecule is CC(=O)C#CCN(C/C=C/c1ccccc1Cl)SI. The largest absolute Gasteiger partial charge is 0.285 e. The first-order chi connectivity index (χ1) is 9.13. The van der Waals surface area contributed by atoms with Gasteiger partial charge in [0.25, 0.3) is 0 Å². The number of nitrogens with zero attached hydrogens (tertiary/aromatic N) is 1. The third kappa shape index (κ3) is 7.02. The summed E-state index contributed by atoms with van der Waals surface area (Å²) < 4.78 is 2.05. The molecular formula is C14H13ClINOS. The summed E-state index contributed by atoms with van der Waals surface area (Å²) in [4.78, 5) is 10.7. The molecule has 0 aromatic heterocycles. The number of carbonyl (C=O) groups excluding carboxylic acids is 1. The van der Waals surface area contributed by atoms with E-state index >= 15 is 0 Å². The van der Waals surface area contributed by atoms with Crippen molar-refractivity contribution in [3.8, 4) is 11.8 Å². The van der Waals surface area contributed by atoms with Crippen LogP contribution in [0.5, 0.6) is 0 Å². The molecule has 0 aliphatic heterocycles. The number of Topliss-reactive ketones (excluding diaryl/α,β-unsaturated/α-hetero) is 1. The van der Waals surface area contributed by atoms with Gasteiger partial charge in [-0.3, -0.25) is 4.79 Å². The van der Waals surface area contributed by atoms with Gasteiger partial charge in [0.1, 0.15) is 0 Å². The van der Waals surface area contributed by atoms with Gasteiger partial charge in [0.15, 0.2) is 0 Å². The van der Waals surface area contributed by atoms with Crippen molar-refractivity contribution in [2.75, 3.05) is 13.1 Å².